The van der Waals surface area contributed by atoms with Gasteiger partial charge in [-0.2, -0.15) is 0 Å². The van der Waals surface area contributed by atoms with Crippen LogP contribution >= 0.6 is 15.9 Å². The molecular formula is C11H10BrN3. The molecule has 1 aromatic heterocycles. The summed E-state index contributed by atoms with van der Waals surface area (Å²) in [5, 5.41) is 0. The van der Waals surface area contributed by atoms with Crippen LogP contribution < -0.4 is 11.3 Å². The van der Waals surface area contributed by atoms with Gasteiger partial charge in [-0.15, -0.1) is 0 Å². The second kappa shape index (κ2) is 4.42. The number of halogens is 1. The Morgan fingerprint density at radius 1 is 1.20 bits per heavy atom. The molecule has 0 fully saturated rings. The lowest BCUT2D eigenvalue weighted by Crippen LogP contribution is -2.09. The predicted molar refractivity (Wildman–Crippen MR) is 65.2 cm³/mol. The van der Waals surface area contributed by atoms with Crippen molar-refractivity contribution in [3.63, 3.8) is 0 Å². The van der Waals surface area contributed by atoms with Crippen molar-refractivity contribution in [2.75, 3.05) is 5.43 Å². The van der Waals surface area contributed by atoms with Gasteiger partial charge in [0.25, 0.3) is 0 Å². The summed E-state index contributed by atoms with van der Waals surface area (Å²) < 4.78 is 0.931. The van der Waals surface area contributed by atoms with Gasteiger partial charge in [0.15, 0.2) is 0 Å². The van der Waals surface area contributed by atoms with Crippen LogP contribution in [0.1, 0.15) is 0 Å². The van der Waals surface area contributed by atoms with Gasteiger partial charge in [-0.1, -0.05) is 30.3 Å². The highest BCUT2D eigenvalue weighted by Gasteiger charge is 2.05. The maximum Gasteiger partial charge on any atom is 0.147 e. The molecule has 0 aliphatic carbocycles. The van der Waals surface area contributed by atoms with Gasteiger partial charge in [0.05, 0.1) is 0 Å². The molecule has 0 saturated heterocycles. The molecule has 0 aliphatic heterocycles. The van der Waals surface area contributed by atoms with Crippen molar-refractivity contribution < 1.29 is 0 Å². The Morgan fingerprint density at radius 3 is 2.60 bits per heavy atom. The highest BCUT2D eigenvalue weighted by atomic mass is 79.9. The van der Waals surface area contributed by atoms with E-state index in [1.54, 1.807) is 6.20 Å². The smallest absolute Gasteiger partial charge is 0.147 e. The van der Waals surface area contributed by atoms with Crippen LogP contribution in [-0.4, -0.2) is 4.98 Å². The Bertz CT molecular complexity index is 457. The Labute approximate surface area is 96.4 Å². The molecule has 3 N–H and O–H groups in total. The van der Waals surface area contributed by atoms with E-state index >= 15 is 0 Å². The van der Waals surface area contributed by atoms with Crippen LogP contribution in [0.2, 0.25) is 0 Å². The SMILES string of the molecule is NNc1ncc(Br)cc1-c1ccccc1. The normalized spacial score (nSPS) is 10.0. The first-order valence-corrected chi connectivity index (χ1v) is 5.28. The second-order valence-corrected chi connectivity index (χ2v) is 3.98. The van der Waals surface area contributed by atoms with Crippen LogP contribution in [0, 0.1) is 0 Å². The Balaban J connectivity index is 2.56. The van der Waals surface area contributed by atoms with Crippen molar-refractivity contribution in [3.8, 4) is 11.1 Å². The summed E-state index contributed by atoms with van der Waals surface area (Å²) in [5.74, 6) is 6.08. The molecule has 1 heterocycles. The summed E-state index contributed by atoms with van der Waals surface area (Å²) in [5.41, 5.74) is 4.65. The van der Waals surface area contributed by atoms with E-state index in [4.69, 9.17) is 5.84 Å². The number of anilines is 1. The molecule has 3 nitrogen and oxygen atoms in total. The van der Waals surface area contributed by atoms with Crippen molar-refractivity contribution >= 4 is 21.7 Å². The molecule has 0 spiro atoms. The summed E-state index contributed by atoms with van der Waals surface area (Å²) in [4.78, 5) is 4.19. The molecule has 76 valence electrons. The van der Waals surface area contributed by atoms with Crippen LogP contribution in [-0.2, 0) is 0 Å². The first-order valence-electron chi connectivity index (χ1n) is 4.49. The average molecular weight is 264 g/mol. The third-order valence-electron chi connectivity index (χ3n) is 2.08. The first-order chi connectivity index (χ1) is 7.31. The summed E-state index contributed by atoms with van der Waals surface area (Å²) in [6.45, 7) is 0. The summed E-state index contributed by atoms with van der Waals surface area (Å²) >= 11 is 3.39. The molecule has 0 bridgehead atoms. The van der Waals surface area contributed by atoms with E-state index in [9.17, 15) is 0 Å². The van der Waals surface area contributed by atoms with Crippen molar-refractivity contribution in [2.24, 2.45) is 5.84 Å². The number of hydrogen-bond acceptors (Lipinski definition) is 3. The van der Waals surface area contributed by atoms with E-state index in [-0.39, 0.29) is 0 Å². The van der Waals surface area contributed by atoms with E-state index in [1.807, 2.05) is 36.4 Å². The van der Waals surface area contributed by atoms with Crippen molar-refractivity contribution in [2.45, 2.75) is 0 Å². The van der Waals surface area contributed by atoms with Gasteiger partial charge in [0.2, 0.25) is 0 Å². The van der Waals surface area contributed by atoms with Crippen molar-refractivity contribution in [1.82, 2.24) is 4.98 Å². The summed E-state index contributed by atoms with van der Waals surface area (Å²) in [6, 6.07) is 12.0. The molecule has 4 heteroatoms. The van der Waals surface area contributed by atoms with E-state index in [0.29, 0.717) is 5.82 Å². The quantitative estimate of drug-likeness (QED) is 0.647. The number of nitrogens with two attached hydrogens (primary N) is 1. The number of nitrogens with one attached hydrogen (secondary N) is 1. The minimum Gasteiger partial charge on any atom is -0.308 e. The van der Waals surface area contributed by atoms with E-state index in [1.165, 1.54) is 0 Å². The first kappa shape index (κ1) is 10.1. The van der Waals surface area contributed by atoms with Gasteiger partial charge in [-0.25, -0.2) is 10.8 Å². The minimum absolute atomic E-state index is 0.671. The number of aromatic nitrogens is 1. The van der Waals surface area contributed by atoms with Crippen LogP contribution in [0.25, 0.3) is 11.1 Å². The van der Waals surface area contributed by atoms with E-state index < -0.39 is 0 Å². The Hall–Kier alpha value is -1.39. The lowest BCUT2D eigenvalue weighted by molar-refractivity contribution is 1.22. The summed E-state index contributed by atoms with van der Waals surface area (Å²) in [6.07, 6.45) is 1.71. The number of benzene rings is 1. The molecule has 0 saturated carbocycles. The monoisotopic (exact) mass is 263 g/mol. The van der Waals surface area contributed by atoms with Crippen LogP contribution in [0.5, 0.6) is 0 Å². The highest BCUT2D eigenvalue weighted by Crippen LogP contribution is 2.27. The third-order valence-corrected chi connectivity index (χ3v) is 2.51. The van der Waals surface area contributed by atoms with Gasteiger partial charge in [-0.05, 0) is 27.6 Å². The molecular weight excluding hydrogens is 254 g/mol. The predicted octanol–water partition coefficient (Wildman–Crippen LogP) is 2.80. The molecule has 0 radical (unpaired) electrons. The molecule has 0 atom stereocenters. The highest BCUT2D eigenvalue weighted by molar-refractivity contribution is 9.10. The second-order valence-electron chi connectivity index (χ2n) is 3.06. The topological polar surface area (TPSA) is 50.9 Å². The van der Waals surface area contributed by atoms with Gasteiger partial charge in [-0.3, -0.25) is 0 Å². The fraction of sp³-hybridized carbons (Fsp3) is 0. The van der Waals surface area contributed by atoms with E-state index in [0.717, 1.165) is 15.6 Å². The number of nitrogens with zero attached hydrogens (tertiary/aromatic N) is 1. The number of pyridine rings is 1. The fourth-order valence-corrected chi connectivity index (χ4v) is 1.72. The lowest BCUT2D eigenvalue weighted by atomic mass is 10.1. The fourth-order valence-electron chi connectivity index (χ4n) is 1.39. The lowest BCUT2D eigenvalue weighted by Gasteiger charge is -2.08. The van der Waals surface area contributed by atoms with Gasteiger partial charge < -0.3 is 5.43 Å². The molecule has 0 unspecified atom stereocenters. The molecule has 2 aromatic rings. The zero-order chi connectivity index (χ0) is 10.7. The maximum atomic E-state index is 5.41. The summed E-state index contributed by atoms with van der Waals surface area (Å²) in [7, 11) is 0. The maximum absolute atomic E-state index is 5.41. The minimum atomic E-state index is 0.671. The Kier molecular flexibility index (Phi) is 2.99. The average Bonchev–Trinajstić information content (AvgIpc) is 2.30. The van der Waals surface area contributed by atoms with Gasteiger partial charge >= 0.3 is 0 Å². The molecule has 0 aliphatic rings. The van der Waals surface area contributed by atoms with Crippen LogP contribution in [0.15, 0.2) is 47.1 Å². The molecule has 15 heavy (non-hydrogen) atoms. The number of hydrogen-bond donors (Lipinski definition) is 2. The van der Waals surface area contributed by atoms with E-state index in [2.05, 4.69) is 26.3 Å². The molecule has 0 amide bonds. The van der Waals surface area contributed by atoms with Gasteiger partial charge in [0.1, 0.15) is 5.82 Å². The van der Waals surface area contributed by atoms with Crippen LogP contribution in [0.3, 0.4) is 0 Å². The molecule has 1 aromatic carbocycles. The van der Waals surface area contributed by atoms with Crippen molar-refractivity contribution in [1.29, 1.82) is 0 Å². The number of hydrazine groups is 1. The van der Waals surface area contributed by atoms with Crippen molar-refractivity contribution in [3.05, 3.63) is 47.1 Å². The molecule has 2 rings (SSSR count). The van der Waals surface area contributed by atoms with Gasteiger partial charge in [0, 0.05) is 16.2 Å². The zero-order valence-electron chi connectivity index (χ0n) is 7.94. The number of rotatable bonds is 2. The number of nitrogen functional groups attached to an aromatic ring is 1. The van der Waals surface area contributed by atoms with Crippen LogP contribution in [0.4, 0.5) is 5.82 Å². The third kappa shape index (κ3) is 2.16. The largest absolute Gasteiger partial charge is 0.308 e. The standard InChI is InChI=1S/C11H10BrN3/c12-9-6-10(11(15-13)14-7-9)8-4-2-1-3-5-8/h1-7H,13H2,(H,14,15). The Morgan fingerprint density at radius 2 is 1.93 bits per heavy atom. The zero-order valence-corrected chi connectivity index (χ0v) is 9.53.